The van der Waals surface area contributed by atoms with Crippen molar-refractivity contribution in [1.29, 1.82) is 0 Å². The maximum atomic E-state index is 9.90. The molecular formula is C9H13NO2S. The van der Waals surface area contributed by atoms with Crippen LogP contribution in [0.5, 0.6) is 0 Å². The maximum Gasteiger partial charge on any atom is 0.122 e. The van der Waals surface area contributed by atoms with Crippen molar-refractivity contribution in [3.8, 4) is 0 Å². The van der Waals surface area contributed by atoms with Crippen LogP contribution in [0.15, 0.2) is 5.38 Å². The molecular weight excluding hydrogens is 186 g/mol. The summed E-state index contributed by atoms with van der Waals surface area (Å²) >= 11 is 1.53. The lowest BCUT2D eigenvalue weighted by molar-refractivity contribution is 0.0915. The Morgan fingerprint density at radius 3 is 3.15 bits per heavy atom. The van der Waals surface area contributed by atoms with Crippen LogP contribution in [-0.4, -0.2) is 23.3 Å². The summed E-state index contributed by atoms with van der Waals surface area (Å²) in [6.45, 7) is 3.38. The smallest absolute Gasteiger partial charge is 0.122 e. The van der Waals surface area contributed by atoms with Crippen molar-refractivity contribution in [2.45, 2.75) is 19.4 Å². The average Bonchev–Trinajstić information content (AvgIpc) is 2.72. The Hall–Kier alpha value is -0.450. The zero-order chi connectivity index (χ0) is 9.26. The highest BCUT2D eigenvalue weighted by atomic mass is 32.1. The van der Waals surface area contributed by atoms with E-state index >= 15 is 0 Å². The van der Waals surface area contributed by atoms with Crippen LogP contribution in [0.2, 0.25) is 0 Å². The number of aliphatic hydroxyl groups excluding tert-OH is 1. The van der Waals surface area contributed by atoms with E-state index in [2.05, 4.69) is 4.98 Å². The van der Waals surface area contributed by atoms with Crippen molar-refractivity contribution < 1.29 is 9.84 Å². The van der Waals surface area contributed by atoms with Gasteiger partial charge in [-0.1, -0.05) is 0 Å². The molecule has 2 heterocycles. The van der Waals surface area contributed by atoms with E-state index in [9.17, 15) is 5.11 Å². The molecule has 0 radical (unpaired) electrons. The summed E-state index contributed by atoms with van der Waals surface area (Å²) in [6.07, 6.45) is 0.515. The van der Waals surface area contributed by atoms with Gasteiger partial charge in [-0.15, -0.1) is 11.3 Å². The van der Waals surface area contributed by atoms with Crippen LogP contribution in [0, 0.1) is 12.8 Å². The first kappa shape index (κ1) is 9.12. The van der Waals surface area contributed by atoms with E-state index in [0.29, 0.717) is 6.61 Å². The molecule has 1 N–H and O–H groups in total. The summed E-state index contributed by atoms with van der Waals surface area (Å²) in [5, 5.41) is 12.7. The van der Waals surface area contributed by atoms with Crippen LogP contribution in [0.3, 0.4) is 0 Å². The number of nitrogens with zero attached hydrogens (tertiary/aromatic N) is 1. The molecule has 2 atom stereocenters. The number of aryl methyl sites for hydroxylation is 1. The molecule has 1 fully saturated rings. The van der Waals surface area contributed by atoms with Gasteiger partial charge < -0.3 is 9.84 Å². The molecule has 1 aromatic rings. The Bertz CT molecular complexity index is 281. The van der Waals surface area contributed by atoms with Crippen LogP contribution < -0.4 is 0 Å². The highest BCUT2D eigenvalue weighted by molar-refractivity contribution is 7.09. The third kappa shape index (κ3) is 1.90. The number of aliphatic hydroxyl groups is 1. The molecule has 0 aliphatic carbocycles. The molecule has 2 rings (SSSR count). The monoisotopic (exact) mass is 199 g/mol. The predicted molar refractivity (Wildman–Crippen MR) is 50.7 cm³/mol. The van der Waals surface area contributed by atoms with Crippen molar-refractivity contribution in [1.82, 2.24) is 4.98 Å². The largest absolute Gasteiger partial charge is 0.386 e. The molecule has 13 heavy (non-hydrogen) atoms. The fraction of sp³-hybridized carbons (Fsp3) is 0.667. The zero-order valence-electron chi connectivity index (χ0n) is 7.56. The van der Waals surface area contributed by atoms with Gasteiger partial charge in [-0.2, -0.15) is 0 Å². The topological polar surface area (TPSA) is 42.4 Å². The lowest BCUT2D eigenvalue weighted by Crippen LogP contribution is -2.12. The van der Waals surface area contributed by atoms with Gasteiger partial charge in [0.25, 0.3) is 0 Å². The maximum absolute atomic E-state index is 9.90. The van der Waals surface area contributed by atoms with Crippen LogP contribution in [0.25, 0.3) is 0 Å². The molecule has 0 bridgehead atoms. The SMILES string of the molecule is Cc1csc(C(O)C2CCOC2)n1. The Kier molecular flexibility index (Phi) is 2.62. The lowest BCUT2D eigenvalue weighted by Gasteiger charge is -2.12. The molecule has 0 aromatic carbocycles. The molecule has 1 aliphatic rings. The van der Waals surface area contributed by atoms with E-state index in [1.807, 2.05) is 12.3 Å². The number of thiazole rings is 1. The first-order chi connectivity index (χ1) is 6.27. The minimum atomic E-state index is -0.429. The van der Waals surface area contributed by atoms with Crippen LogP contribution in [0.4, 0.5) is 0 Å². The van der Waals surface area contributed by atoms with E-state index < -0.39 is 6.10 Å². The van der Waals surface area contributed by atoms with Crippen molar-refractivity contribution in [2.24, 2.45) is 5.92 Å². The highest BCUT2D eigenvalue weighted by Crippen LogP contribution is 2.30. The summed E-state index contributed by atoms with van der Waals surface area (Å²) < 4.78 is 5.22. The van der Waals surface area contributed by atoms with Crippen molar-refractivity contribution in [3.63, 3.8) is 0 Å². The predicted octanol–water partition coefficient (Wildman–Crippen LogP) is 1.52. The Labute approximate surface area is 81.4 Å². The standard InChI is InChI=1S/C9H13NO2S/c1-6-5-13-9(10-6)8(11)7-2-3-12-4-7/h5,7-8,11H,2-4H2,1H3. The molecule has 4 heteroatoms. The Morgan fingerprint density at radius 1 is 1.77 bits per heavy atom. The number of rotatable bonds is 2. The van der Waals surface area contributed by atoms with Crippen molar-refractivity contribution in [2.75, 3.05) is 13.2 Å². The number of aromatic nitrogens is 1. The summed E-state index contributed by atoms with van der Waals surface area (Å²) in [5.41, 5.74) is 0.984. The van der Waals surface area contributed by atoms with E-state index in [4.69, 9.17) is 4.74 Å². The van der Waals surface area contributed by atoms with E-state index in [0.717, 1.165) is 23.7 Å². The minimum Gasteiger partial charge on any atom is -0.386 e. The number of ether oxygens (including phenoxy) is 1. The Balaban J connectivity index is 2.07. The molecule has 2 unspecified atom stereocenters. The van der Waals surface area contributed by atoms with Gasteiger partial charge in [0.2, 0.25) is 0 Å². The van der Waals surface area contributed by atoms with Gasteiger partial charge in [0.15, 0.2) is 0 Å². The minimum absolute atomic E-state index is 0.241. The second kappa shape index (κ2) is 3.74. The molecule has 3 nitrogen and oxygen atoms in total. The third-order valence-corrected chi connectivity index (χ3v) is 3.33. The Morgan fingerprint density at radius 2 is 2.62 bits per heavy atom. The van der Waals surface area contributed by atoms with Crippen molar-refractivity contribution >= 4 is 11.3 Å². The van der Waals surface area contributed by atoms with Gasteiger partial charge in [0.1, 0.15) is 11.1 Å². The van der Waals surface area contributed by atoms with E-state index in [1.54, 1.807) is 0 Å². The normalized spacial score (nSPS) is 24.9. The highest BCUT2D eigenvalue weighted by Gasteiger charge is 2.26. The lowest BCUT2D eigenvalue weighted by atomic mass is 10.0. The fourth-order valence-corrected chi connectivity index (χ4v) is 2.38. The van der Waals surface area contributed by atoms with Gasteiger partial charge >= 0.3 is 0 Å². The number of hydrogen-bond donors (Lipinski definition) is 1. The summed E-state index contributed by atoms with van der Waals surface area (Å²) in [4.78, 5) is 4.27. The molecule has 0 spiro atoms. The van der Waals surface area contributed by atoms with Crippen LogP contribution >= 0.6 is 11.3 Å². The molecule has 72 valence electrons. The second-order valence-electron chi connectivity index (χ2n) is 3.40. The van der Waals surface area contributed by atoms with Gasteiger partial charge in [0.05, 0.1) is 6.61 Å². The number of hydrogen-bond acceptors (Lipinski definition) is 4. The molecule has 1 saturated heterocycles. The summed E-state index contributed by atoms with van der Waals surface area (Å²) in [6, 6.07) is 0. The first-order valence-electron chi connectivity index (χ1n) is 4.45. The summed E-state index contributed by atoms with van der Waals surface area (Å²) in [5.74, 6) is 0.241. The summed E-state index contributed by atoms with van der Waals surface area (Å²) in [7, 11) is 0. The van der Waals surface area contributed by atoms with Crippen molar-refractivity contribution in [3.05, 3.63) is 16.1 Å². The van der Waals surface area contributed by atoms with E-state index in [1.165, 1.54) is 11.3 Å². The first-order valence-corrected chi connectivity index (χ1v) is 5.33. The quantitative estimate of drug-likeness (QED) is 0.785. The van der Waals surface area contributed by atoms with Gasteiger partial charge in [0, 0.05) is 23.6 Å². The zero-order valence-corrected chi connectivity index (χ0v) is 8.38. The van der Waals surface area contributed by atoms with Crippen LogP contribution in [-0.2, 0) is 4.74 Å². The third-order valence-electron chi connectivity index (χ3n) is 2.30. The average molecular weight is 199 g/mol. The molecule has 0 saturated carbocycles. The van der Waals surface area contributed by atoms with E-state index in [-0.39, 0.29) is 5.92 Å². The van der Waals surface area contributed by atoms with Gasteiger partial charge in [-0.3, -0.25) is 0 Å². The molecule has 1 aliphatic heterocycles. The molecule has 1 aromatic heterocycles. The van der Waals surface area contributed by atoms with Gasteiger partial charge in [-0.05, 0) is 13.3 Å². The van der Waals surface area contributed by atoms with Gasteiger partial charge in [-0.25, -0.2) is 4.98 Å². The second-order valence-corrected chi connectivity index (χ2v) is 4.29. The fourth-order valence-electron chi connectivity index (χ4n) is 1.51. The van der Waals surface area contributed by atoms with Crippen LogP contribution in [0.1, 0.15) is 23.2 Å². The molecule has 0 amide bonds.